The van der Waals surface area contributed by atoms with E-state index in [-0.39, 0.29) is 24.3 Å². The molecule has 3 N–H and O–H groups in total. The first-order chi connectivity index (χ1) is 12.2. The maximum Gasteiger partial charge on any atom is 0.242 e. The van der Waals surface area contributed by atoms with Crippen LogP contribution in [0.5, 0.6) is 0 Å². The fourth-order valence-electron chi connectivity index (χ4n) is 2.85. The van der Waals surface area contributed by atoms with Crippen LogP contribution >= 0.6 is 0 Å². The summed E-state index contributed by atoms with van der Waals surface area (Å²) in [5.74, 6) is 0.642. The van der Waals surface area contributed by atoms with Gasteiger partial charge in [0.15, 0.2) is 17.6 Å². The monoisotopic (exact) mass is 348 g/mol. The molecule has 1 unspecified atom stereocenters. The van der Waals surface area contributed by atoms with E-state index < -0.39 is 0 Å². The van der Waals surface area contributed by atoms with Gasteiger partial charge >= 0.3 is 0 Å². The Morgan fingerprint density at radius 1 is 1.36 bits per heavy atom. The molecule has 25 heavy (non-hydrogen) atoms. The topological polar surface area (TPSA) is 81.6 Å². The number of rotatable bonds is 6. The number of hydrogen-bond acceptors (Lipinski definition) is 4. The number of carbonyl (C=O) groups excluding carboxylic acids is 1. The number of aliphatic imine (C=N–C) groups is 1. The highest BCUT2D eigenvalue weighted by atomic mass is 19.1. The van der Waals surface area contributed by atoms with Gasteiger partial charge in [-0.3, -0.25) is 4.79 Å². The second-order valence-corrected chi connectivity index (χ2v) is 6.42. The van der Waals surface area contributed by atoms with Gasteiger partial charge in [0.05, 0.1) is 0 Å². The van der Waals surface area contributed by atoms with Crippen molar-refractivity contribution in [2.24, 2.45) is 4.99 Å². The Hall–Kier alpha value is -2.38. The van der Waals surface area contributed by atoms with Gasteiger partial charge in [-0.2, -0.15) is 0 Å². The molecule has 1 atom stereocenters. The van der Waals surface area contributed by atoms with E-state index in [4.69, 9.17) is 0 Å². The molecule has 136 valence electrons. The van der Waals surface area contributed by atoms with Crippen LogP contribution in [-0.4, -0.2) is 55.1 Å². The van der Waals surface area contributed by atoms with Gasteiger partial charge in [-0.05, 0) is 38.3 Å². The van der Waals surface area contributed by atoms with Gasteiger partial charge in [0.25, 0.3) is 0 Å². The van der Waals surface area contributed by atoms with E-state index in [1.807, 2.05) is 11.8 Å². The number of hydrogen-bond donors (Lipinski definition) is 3. The summed E-state index contributed by atoms with van der Waals surface area (Å²) in [6, 6.07) is 3.49. The maximum absolute atomic E-state index is 13.9. The molecule has 1 aromatic rings. The molecule has 1 amide bonds. The first kappa shape index (κ1) is 17.4. The number of aromatic nitrogens is 1. The Morgan fingerprint density at radius 2 is 2.20 bits per heavy atom. The van der Waals surface area contributed by atoms with Crippen LogP contribution in [0, 0.1) is 5.82 Å². The minimum Gasteiger partial charge on any atom is -0.357 e. The molecule has 2 heterocycles. The van der Waals surface area contributed by atoms with Crippen molar-refractivity contribution in [1.29, 1.82) is 0 Å². The lowest BCUT2D eigenvalue weighted by atomic mass is 10.3. The summed E-state index contributed by atoms with van der Waals surface area (Å²) >= 11 is 0. The van der Waals surface area contributed by atoms with Crippen LogP contribution in [-0.2, 0) is 4.79 Å². The Morgan fingerprint density at radius 3 is 2.92 bits per heavy atom. The van der Waals surface area contributed by atoms with Crippen LogP contribution in [0.15, 0.2) is 23.3 Å². The SMILES string of the molecule is CCNC(=NCC(=O)NC1CC1)NC1CCN(c2ncccc2F)C1. The van der Waals surface area contributed by atoms with Gasteiger partial charge in [0.2, 0.25) is 5.91 Å². The predicted octanol–water partition coefficient (Wildman–Crippen LogP) is 0.633. The summed E-state index contributed by atoms with van der Waals surface area (Å²) in [6.45, 7) is 4.17. The largest absolute Gasteiger partial charge is 0.357 e. The van der Waals surface area contributed by atoms with Crippen LogP contribution < -0.4 is 20.9 Å². The number of nitrogens with zero attached hydrogens (tertiary/aromatic N) is 3. The predicted molar refractivity (Wildman–Crippen MR) is 95.1 cm³/mol. The smallest absolute Gasteiger partial charge is 0.242 e. The minimum absolute atomic E-state index is 0.0525. The Bertz CT molecular complexity index is 633. The van der Waals surface area contributed by atoms with E-state index in [1.165, 1.54) is 6.07 Å². The molecule has 1 aromatic heterocycles. The maximum atomic E-state index is 13.9. The molecule has 0 bridgehead atoms. The summed E-state index contributed by atoms with van der Waals surface area (Å²) in [7, 11) is 0. The van der Waals surface area contributed by atoms with Gasteiger partial charge in [-0.25, -0.2) is 14.4 Å². The number of guanidine groups is 1. The van der Waals surface area contributed by atoms with Crippen molar-refractivity contribution in [3.8, 4) is 0 Å². The van der Waals surface area contributed by atoms with Crippen LogP contribution in [0.1, 0.15) is 26.2 Å². The molecule has 0 radical (unpaired) electrons. The lowest BCUT2D eigenvalue weighted by Gasteiger charge is -2.19. The zero-order valence-electron chi connectivity index (χ0n) is 14.5. The van der Waals surface area contributed by atoms with Crippen LogP contribution in [0.4, 0.5) is 10.2 Å². The van der Waals surface area contributed by atoms with Crippen molar-refractivity contribution in [2.75, 3.05) is 31.1 Å². The minimum atomic E-state index is -0.305. The lowest BCUT2D eigenvalue weighted by molar-refractivity contribution is -0.119. The van der Waals surface area contributed by atoms with Crippen molar-refractivity contribution in [1.82, 2.24) is 20.9 Å². The van der Waals surface area contributed by atoms with E-state index in [1.54, 1.807) is 12.3 Å². The third-order valence-electron chi connectivity index (χ3n) is 4.24. The second-order valence-electron chi connectivity index (χ2n) is 6.42. The Kier molecular flexibility index (Phi) is 5.67. The van der Waals surface area contributed by atoms with Crippen molar-refractivity contribution >= 4 is 17.7 Å². The molecule has 1 saturated heterocycles. The van der Waals surface area contributed by atoms with E-state index in [0.717, 1.165) is 25.8 Å². The fraction of sp³-hybridized carbons (Fsp3) is 0.588. The molecule has 8 heteroatoms. The Balaban J connectivity index is 1.53. The highest BCUT2D eigenvalue weighted by molar-refractivity contribution is 5.85. The molecular weight excluding hydrogens is 323 g/mol. The highest BCUT2D eigenvalue weighted by Gasteiger charge is 2.26. The van der Waals surface area contributed by atoms with E-state index in [0.29, 0.717) is 30.9 Å². The molecular formula is C17H25FN6O. The number of pyridine rings is 1. The molecule has 1 saturated carbocycles. The summed E-state index contributed by atoms with van der Waals surface area (Å²) in [5.41, 5.74) is 0. The second kappa shape index (κ2) is 8.13. The summed E-state index contributed by atoms with van der Waals surface area (Å²) in [5, 5.41) is 9.40. The third kappa shape index (κ3) is 5.04. The summed E-state index contributed by atoms with van der Waals surface area (Å²) in [6.07, 6.45) is 4.59. The van der Waals surface area contributed by atoms with Crippen LogP contribution in [0.25, 0.3) is 0 Å². The molecule has 0 aromatic carbocycles. The van der Waals surface area contributed by atoms with Crippen molar-refractivity contribution < 1.29 is 9.18 Å². The Labute approximate surface area is 147 Å². The first-order valence-corrected chi connectivity index (χ1v) is 8.85. The van der Waals surface area contributed by atoms with Gasteiger partial charge in [-0.15, -0.1) is 0 Å². The van der Waals surface area contributed by atoms with Gasteiger partial charge in [-0.1, -0.05) is 0 Å². The lowest BCUT2D eigenvalue weighted by Crippen LogP contribution is -2.45. The summed E-state index contributed by atoms with van der Waals surface area (Å²) < 4.78 is 13.9. The van der Waals surface area contributed by atoms with Crippen molar-refractivity contribution in [3.63, 3.8) is 0 Å². The molecule has 0 spiro atoms. The highest BCUT2D eigenvalue weighted by Crippen LogP contribution is 2.20. The van der Waals surface area contributed by atoms with Crippen LogP contribution in [0.3, 0.4) is 0 Å². The summed E-state index contributed by atoms with van der Waals surface area (Å²) in [4.78, 5) is 22.2. The number of halogens is 1. The molecule has 2 aliphatic rings. The van der Waals surface area contributed by atoms with Crippen molar-refractivity contribution in [3.05, 3.63) is 24.1 Å². The van der Waals surface area contributed by atoms with E-state index >= 15 is 0 Å². The van der Waals surface area contributed by atoms with Gasteiger partial charge < -0.3 is 20.9 Å². The number of anilines is 1. The molecule has 2 fully saturated rings. The average Bonchev–Trinajstić information content (AvgIpc) is 3.29. The standard InChI is InChI=1S/C17H25FN6O/c1-2-19-17(21-10-15(25)22-12-5-6-12)23-13-7-9-24(11-13)16-14(18)4-3-8-20-16/h3-4,8,12-13H,2,5-7,9-11H2,1H3,(H,22,25)(H2,19,21,23). The first-order valence-electron chi connectivity index (χ1n) is 8.85. The van der Waals surface area contributed by atoms with E-state index in [2.05, 4.69) is 25.9 Å². The fourth-order valence-corrected chi connectivity index (χ4v) is 2.85. The number of nitrogens with one attached hydrogen (secondary N) is 3. The van der Waals surface area contributed by atoms with Crippen molar-refractivity contribution in [2.45, 2.75) is 38.3 Å². The quantitative estimate of drug-likeness (QED) is 0.519. The number of amides is 1. The molecule has 1 aliphatic heterocycles. The van der Waals surface area contributed by atoms with Gasteiger partial charge in [0, 0.05) is 37.9 Å². The zero-order valence-corrected chi connectivity index (χ0v) is 14.5. The van der Waals surface area contributed by atoms with E-state index in [9.17, 15) is 9.18 Å². The molecule has 1 aliphatic carbocycles. The molecule has 7 nitrogen and oxygen atoms in total. The normalized spacial score (nSPS) is 20.5. The molecule has 3 rings (SSSR count). The third-order valence-corrected chi connectivity index (χ3v) is 4.24. The average molecular weight is 348 g/mol. The van der Waals surface area contributed by atoms with Crippen LogP contribution in [0.2, 0.25) is 0 Å². The zero-order chi connectivity index (χ0) is 17.6. The van der Waals surface area contributed by atoms with Gasteiger partial charge in [0.1, 0.15) is 6.54 Å². The number of carbonyl (C=O) groups is 1.